The second-order valence-electron chi connectivity index (χ2n) is 5.05. The van der Waals surface area contributed by atoms with E-state index < -0.39 is 30.4 Å². The lowest BCUT2D eigenvalue weighted by molar-refractivity contribution is -0.154. The van der Waals surface area contributed by atoms with Gasteiger partial charge in [-0.1, -0.05) is 12.1 Å². The molecule has 2 rings (SSSR count). The van der Waals surface area contributed by atoms with Crippen molar-refractivity contribution in [2.45, 2.75) is 12.7 Å². The molecule has 1 aromatic carbocycles. The topological polar surface area (TPSA) is 42.4 Å². The molecule has 0 saturated carbocycles. The number of nitrogens with zero attached hydrogens (tertiary/aromatic N) is 2. The van der Waals surface area contributed by atoms with Crippen molar-refractivity contribution in [3.63, 3.8) is 0 Å². The van der Waals surface area contributed by atoms with E-state index in [9.17, 15) is 22.4 Å². The monoisotopic (exact) mass is 342 g/mol. The summed E-state index contributed by atoms with van der Waals surface area (Å²) in [5.41, 5.74) is 0.452. The van der Waals surface area contributed by atoms with Gasteiger partial charge in [-0.05, 0) is 29.8 Å². The average Bonchev–Trinajstić information content (AvgIpc) is 2.52. The number of pyridine rings is 1. The summed E-state index contributed by atoms with van der Waals surface area (Å²) < 4.78 is 54.6. The van der Waals surface area contributed by atoms with Crippen molar-refractivity contribution in [2.75, 3.05) is 13.7 Å². The second kappa shape index (κ2) is 7.29. The van der Waals surface area contributed by atoms with Gasteiger partial charge in [0, 0.05) is 19.8 Å². The van der Waals surface area contributed by atoms with E-state index in [4.69, 9.17) is 0 Å². The third-order valence-corrected chi connectivity index (χ3v) is 3.03. The fourth-order valence-corrected chi connectivity index (χ4v) is 2.01. The molecule has 1 heterocycles. The molecule has 8 heteroatoms. The smallest absolute Gasteiger partial charge is 0.422 e. The SMILES string of the molecule is CN(Cc1cccc(F)c1)C(=O)c1cccnc1OCC(F)(F)F. The number of hydrogen-bond donors (Lipinski definition) is 0. The van der Waals surface area contributed by atoms with E-state index >= 15 is 0 Å². The number of ether oxygens (including phenoxy) is 1. The number of carbonyl (C=O) groups is 1. The third-order valence-electron chi connectivity index (χ3n) is 3.03. The number of carbonyl (C=O) groups excluding carboxylic acids is 1. The molecule has 0 aliphatic carbocycles. The molecule has 1 aromatic heterocycles. The summed E-state index contributed by atoms with van der Waals surface area (Å²) in [6.45, 7) is -1.46. The molecule has 0 aliphatic rings. The van der Waals surface area contributed by atoms with Crippen molar-refractivity contribution in [1.29, 1.82) is 0 Å². The molecule has 4 nitrogen and oxygen atoms in total. The van der Waals surface area contributed by atoms with Crippen LogP contribution in [-0.4, -0.2) is 35.6 Å². The molecule has 0 N–H and O–H groups in total. The predicted octanol–water partition coefficient (Wildman–Crippen LogP) is 3.43. The molecule has 2 aromatic rings. The molecule has 0 saturated heterocycles. The number of aromatic nitrogens is 1. The minimum Gasteiger partial charge on any atom is -0.467 e. The summed E-state index contributed by atoms with van der Waals surface area (Å²) in [5, 5.41) is 0. The Hall–Kier alpha value is -2.64. The quantitative estimate of drug-likeness (QED) is 0.782. The minimum absolute atomic E-state index is 0.0875. The summed E-state index contributed by atoms with van der Waals surface area (Å²) in [6, 6.07) is 8.43. The van der Waals surface area contributed by atoms with Gasteiger partial charge in [-0.3, -0.25) is 4.79 Å². The fraction of sp³-hybridized carbons (Fsp3) is 0.250. The maximum absolute atomic E-state index is 13.2. The van der Waals surface area contributed by atoms with Gasteiger partial charge in [0.15, 0.2) is 6.61 Å². The van der Waals surface area contributed by atoms with Gasteiger partial charge < -0.3 is 9.64 Å². The Morgan fingerprint density at radius 3 is 2.67 bits per heavy atom. The first-order valence-corrected chi connectivity index (χ1v) is 6.91. The van der Waals surface area contributed by atoms with Crippen LogP contribution in [0.4, 0.5) is 17.6 Å². The standard InChI is InChI=1S/C16H14F4N2O2/c1-22(9-11-4-2-5-12(17)8-11)15(23)13-6-3-7-21-14(13)24-10-16(18,19)20/h2-8H,9-10H2,1H3. The Bertz CT molecular complexity index is 719. The van der Waals surface area contributed by atoms with E-state index in [1.807, 2.05) is 0 Å². The van der Waals surface area contributed by atoms with Gasteiger partial charge in [-0.2, -0.15) is 13.2 Å². The number of amides is 1. The van der Waals surface area contributed by atoms with Crippen LogP contribution >= 0.6 is 0 Å². The first kappa shape index (κ1) is 17.7. The van der Waals surface area contributed by atoms with E-state index in [2.05, 4.69) is 9.72 Å². The zero-order valence-electron chi connectivity index (χ0n) is 12.7. The largest absolute Gasteiger partial charge is 0.467 e. The van der Waals surface area contributed by atoms with Crippen LogP contribution in [0.2, 0.25) is 0 Å². The van der Waals surface area contributed by atoms with Gasteiger partial charge in [-0.15, -0.1) is 0 Å². The van der Waals surface area contributed by atoms with Crippen LogP contribution in [-0.2, 0) is 6.54 Å². The van der Waals surface area contributed by atoms with Gasteiger partial charge in [0.25, 0.3) is 5.91 Å². The lowest BCUT2D eigenvalue weighted by Gasteiger charge is -2.19. The van der Waals surface area contributed by atoms with Crippen molar-refractivity contribution in [3.8, 4) is 5.88 Å². The number of benzene rings is 1. The van der Waals surface area contributed by atoms with E-state index in [1.54, 1.807) is 6.07 Å². The maximum atomic E-state index is 13.2. The highest BCUT2D eigenvalue weighted by Crippen LogP contribution is 2.21. The van der Waals surface area contributed by atoms with Crippen LogP contribution < -0.4 is 4.74 Å². The Labute approximate surface area is 135 Å². The molecule has 0 radical (unpaired) electrons. The highest BCUT2D eigenvalue weighted by molar-refractivity contribution is 5.96. The second-order valence-corrected chi connectivity index (χ2v) is 5.05. The Kier molecular flexibility index (Phi) is 5.38. The molecule has 0 bridgehead atoms. The molecule has 1 amide bonds. The maximum Gasteiger partial charge on any atom is 0.422 e. The molecular formula is C16H14F4N2O2. The number of hydrogen-bond acceptors (Lipinski definition) is 3. The van der Waals surface area contributed by atoms with Crippen LogP contribution in [0, 0.1) is 5.82 Å². The van der Waals surface area contributed by atoms with Gasteiger partial charge in [-0.25, -0.2) is 9.37 Å². The normalized spacial score (nSPS) is 11.2. The summed E-state index contributed by atoms with van der Waals surface area (Å²) >= 11 is 0. The predicted molar refractivity (Wildman–Crippen MR) is 78.0 cm³/mol. The van der Waals surface area contributed by atoms with Gasteiger partial charge in [0.2, 0.25) is 5.88 Å². The Balaban J connectivity index is 2.13. The summed E-state index contributed by atoms with van der Waals surface area (Å²) in [7, 11) is 1.45. The molecule has 0 fully saturated rings. The molecular weight excluding hydrogens is 328 g/mol. The zero-order chi connectivity index (χ0) is 17.7. The minimum atomic E-state index is -4.54. The van der Waals surface area contributed by atoms with E-state index in [1.165, 1.54) is 48.5 Å². The van der Waals surface area contributed by atoms with Gasteiger partial charge in [0.1, 0.15) is 11.4 Å². The van der Waals surface area contributed by atoms with E-state index in [-0.39, 0.29) is 12.1 Å². The third kappa shape index (κ3) is 4.94. The number of alkyl halides is 3. The highest BCUT2D eigenvalue weighted by Gasteiger charge is 2.30. The molecule has 0 unspecified atom stereocenters. The Morgan fingerprint density at radius 2 is 2.00 bits per heavy atom. The summed E-state index contributed by atoms with van der Waals surface area (Å²) in [4.78, 5) is 17.3. The van der Waals surface area contributed by atoms with Crippen molar-refractivity contribution < 1.29 is 27.1 Å². The van der Waals surface area contributed by atoms with Crippen LogP contribution in [0.1, 0.15) is 15.9 Å². The first-order valence-electron chi connectivity index (χ1n) is 6.91. The zero-order valence-corrected chi connectivity index (χ0v) is 12.7. The van der Waals surface area contributed by atoms with Crippen LogP contribution in [0.25, 0.3) is 0 Å². The molecule has 0 aliphatic heterocycles. The molecule has 0 spiro atoms. The summed E-state index contributed by atoms with van der Waals surface area (Å²) in [5.74, 6) is -1.42. The number of halogens is 4. The van der Waals surface area contributed by atoms with Crippen LogP contribution in [0.5, 0.6) is 5.88 Å². The molecule has 128 valence electrons. The molecule has 0 atom stereocenters. The Morgan fingerprint density at radius 1 is 1.25 bits per heavy atom. The van der Waals surface area contributed by atoms with Crippen LogP contribution in [0.15, 0.2) is 42.6 Å². The summed E-state index contributed by atoms with van der Waals surface area (Å²) in [6.07, 6.45) is -3.31. The lowest BCUT2D eigenvalue weighted by Crippen LogP contribution is -2.28. The van der Waals surface area contributed by atoms with Crippen molar-refractivity contribution in [3.05, 3.63) is 59.5 Å². The van der Waals surface area contributed by atoms with E-state index in [0.29, 0.717) is 5.56 Å². The van der Waals surface area contributed by atoms with Crippen LogP contribution in [0.3, 0.4) is 0 Å². The lowest BCUT2D eigenvalue weighted by atomic mass is 10.2. The highest BCUT2D eigenvalue weighted by atomic mass is 19.4. The average molecular weight is 342 g/mol. The van der Waals surface area contributed by atoms with Crippen molar-refractivity contribution in [1.82, 2.24) is 9.88 Å². The van der Waals surface area contributed by atoms with E-state index in [0.717, 1.165) is 0 Å². The molecule has 24 heavy (non-hydrogen) atoms. The van der Waals surface area contributed by atoms with Gasteiger partial charge >= 0.3 is 6.18 Å². The first-order chi connectivity index (χ1) is 11.3. The van der Waals surface area contributed by atoms with Crippen molar-refractivity contribution in [2.24, 2.45) is 0 Å². The van der Waals surface area contributed by atoms with Gasteiger partial charge in [0.05, 0.1) is 0 Å². The number of rotatable bonds is 5. The van der Waals surface area contributed by atoms with Crippen molar-refractivity contribution >= 4 is 5.91 Å². The fourth-order valence-electron chi connectivity index (χ4n) is 2.01.